The van der Waals surface area contributed by atoms with E-state index in [1.807, 2.05) is 6.07 Å². The fraction of sp³-hybridized carbons (Fsp3) is 0. The van der Waals surface area contributed by atoms with Gasteiger partial charge in [0.05, 0.1) is 0 Å². The quantitative estimate of drug-likeness (QED) is 0.836. The van der Waals surface area contributed by atoms with Crippen molar-refractivity contribution < 1.29 is 4.79 Å². The van der Waals surface area contributed by atoms with E-state index in [1.54, 1.807) is 30.4 Å². The van der Waals surface area contributed by atoms with Gasteiger partial charge in [-0.3, -0.25) is 4.79 Å². The summed E-state index contributed by atoms with van der Waals surface area (Å²) in [5, 5.41) is 0. The third-order valence-corrected chi connectivity index (χ3v) is 3.95. The van der Waals surface area contributed by atoms with Crippen LogP contribution in [0.5, 0.6) is 0 Å². The molecule has 4 N–H and O–H groups in total. The molecule has 1 aromatic heterocycles. The van der Waals surface area contributed by atoms with Crippen LogP contribution in [0.25, 0.3) is 22.6 Å². The molecule has 0 bridgehead atoms. The largest absolute Gasteiger partial charge is 0.399 e. The van der Waals surface area contributed by atoms with Crippen molar-refractivity contribution in [2.75, 3.05) is 5.73 Å². The number of nitrogen functional groups attached to an aromatic ring is 1. The number of amides is 1. The van der Waals surface area contributed by atoms with E-state index in [-0.39, 0.29) is 0 Å². The molecule has 2 rings (SSSR count). The molecule has 0 aliphatic heterocycles. The highest BCUT2D eigenvalue weighted by molar-refractivity contribution is 7.16. The molecule has 0 fully saturated rings. The number of benzene rings is 1. The molecular formula is C15H14N2OS. The summed E-state index contributed by atoms with van der Waals surface area (Å²) >= 11 is 1.54. The second kappa shape index (κ2) is 5.12. The first kappa shape index (κ1) is 13.1. The molecule has 0 radical (unpaired) electrons. The average molecular weight is 270 g/mol. The molecule has 96 valence electrons. The van der Waals surface area contributed by atoms with Gasteiger partial charge in [0.15, 0.2) is 0 Å². The Balaban J connectivity index is 2.64. The third kappa shape index (κ3) is 2.44. The van der Waals surface area contributed by atoms with Gasteiger partial charge in [-0.1, -0.05) is 31.4 Å². The lowest BCUT2D eigenvalue weighted by molar-refractivity contribution is 0.100. The first-order valence-electron chi connectivity index (χ1n) is 5.65. The Morgan fingerprint density at radius 2 is 1.95 bits per heavy atom. The summed E-state index contributed by atoms with van der Waals surface area (Å²) in [6, 6.07) is 7.12. The van der Waals surface area contributed by atoms with Crippen LogP contribution in [-0.4, -0.2) is 5.91 Å². The Bertz CT molecular complexity index is 645. The molecule has 0 atom stereocenters. The molecule has 3 nitrogen and oxygen atoms in total. The van der Waals surface area contributed by atoms with E-state index >= 15 is 0 Å². The molecular weight excluding hydrogens is 256 g/mol. The van der Waals surface area contributed by atoms with Crippen molar-refractivity contribution in [1.29, 1.82) is 0 Å². The second-order valence-electron chi connectivity index (χ2n) is 4.01. The van der Waals surface area contributed by atoms with Crippen molar-refractivity contribution in [3.05, 3.63) is 53.4 Å². The van der Waals surface area contributed by atoms with Crippen LogP contribution in [0.2, 0.25) is 0 Å². The number of carbonyl (C=O) groups excluding carboxylic acids is 1. The predicted octanol–water partition coefficient (Wildman–Crippen LogP) is 3.38. The van der Waals surface area contributed by atoms with Crippen molar-refractivity contribution in [3.8, 4) is 10.4 Å². The van der Waals surface area contributed by atoms with Crippen molar-refractivity contribution in [3.63, 3.8) is 0 Å². The molecule has 0 aliphatic rings. The first-order valence-corrected chi connectivity index (χ1v) is 6.47. The van der Waals surface area contributed by atoms with E-state index in [9.17, 15) is 4.79 Å². The van der Waals surface area contributed by atoms with Crippen molar-refractivity contribution in [1.82, 2.24) is 0 Å². The Morgan fingerprint density at radius 3 is 2.47 bits per heavy atom. The Morgan fingerprint density at radius 1 is 1.21 bits per heavy atom. The van der Waals surface area contributed by atoms with Gasteiger partial charge in [0.25, 0.3) is 0 Å². The summed E-state index contributed by atoms with van der Waals surface area (Å²) in [6.07, 6.45) is 3.53. The summed E-state index contributed by atoms with van der Waals surface area (Å²) in [5.74, 6) is -0.490. The molecule has 1 aromatic carbocycles. The lowest BCUT2D eigenvalue weighted by Gasteiger charge is -2.05. The van der Waals surface area contributed by atoms with Gasteiger partial charge in [-0.2, -0.15) is 0 Å². The smallest absolute Gasteiger partial charge is 0.249 e. The fourth-order valence-corrected chi connectivity index (χ4v) is 2.91. The monoisotopic (exact) mass is 270 g/mol. The molecule has 0 spiro atoms. The van der Waals surface area contributed by atoms with Crippen LogP contribution in [0, 0.1) is 0 Å². The second-order valence-corrected chi connectivity index (χ2v) is 5.09. The highest BCUT2D eigenvalue weighted by Crippen LogP contribution is 2.35. The molecule has 4 heteroatoms. The number of primary amides is 1. The lowest BCUT2D eigenvalue weighted by Crippen LogP contribution is -2.12. The summed E-state index contributed by atoms with van der Waals surface area (Å²) < 4.78 is 0. The van der Waals surface area contributed by atoms with Crippen molar-refractivity contribution >= 4 is 35.1 Å². The van der Waals surface area contributed by atoms with Crippen molar-refractivity contribution in [2.45, 2.75) is 0 Å². The van der Waals surface area contributed by atoms with Gasteiger partial charge < -0.3 is 11.5 Å². The van der Waals surface area contributed by atoms with Crippen molar-refractivity contribution in [2.24, 2.45) is 5.73 Å². The van der Waals surface area contributed by atoms with Gasteiger partial charge in [0.1, 0.15) is 0 Å². The minimum Gasteiger partial charge on any atom is -0.399 e. The van der Waals surface area contributed by atoms with Crippen LogP contribution in [0.1, 0.15) is 20.8 Å². The maximum Gasteiger partial charge on any atom is 0.249 e. The number of hydrogen-bond donors (Lipinski definition) is 2. The van der Waals surface area contributed by atoms with E-state index in [0.29, 0.717) is 11.3 Å². The number of carbonyl (C=O) groups is 1. The van der Waals surface area contributed by atoms with Crippen LogP contribution in [0.4, 0.5) is 5.69 Å². The van der Waals surface area contributed by atoms with Crippen LogP contribution in [0.15, 0.2) is 37.4 Å². The van der Waals surface area contributed by atoms with Crippen LogP contribution < -0.4 is 11.5 Å². The fourth-order valence-electron chi connectivity index (χ4n) is 1.85. The standard InChI is InChI=1S/C15H14N2OS/c1-3-9-7-14(19-13(9)4-2)11-6-5-10(16)8-12(11)15(17)18/h3-8H,1-2,16H2,(H2,17,18). The Kier molecular flexibility index (Phi) is 3.53. The van der Waals surface area contributed by atoms with E-state index < -0.39 is 5.91 Å². The minimum absolute atomic E-state index is 0.424. The summed E-state index contributed by atoms with van der Waals surface area (Å²) in [5.41, 5.74) is 13.8. The molecule has 2 aromatic rings. The summed E-state index contributed by atoms with van der Waals surface area (Å²) in [4.78, 5) is 13.5. The molecule has 0 aliphatic carbocycles. The van der Waals surface area contributed by atoms with Gasteiger partial charge >= 0.3 is 0 Å². The topological polar surface area (TPSA) is 69.1 Å². The zero-order valence-electron chi connectivity index (χ0n) is 10.3. The predicted molar refractivity (Wildman–Crippen MR) is 82.9 cm³/mol. The SMILES string of the molecule is C=Cc1cc(-c2ccc(N)cc2C(N)=O)sc1C=C. The van der Waals surface area contributed by atoms with E-state index in [4.69, 9.17) is 11.5 Å². The highest BCUT2D eigenvalue weighted by atomic mass is 32.1. The molecule has 1 amide bonds. The van der Waals surface area contributed by atoms with Gasteiger partial charge in [0, 0.05) is 26.6 Å². The Labute approximate surface area is 115 Å². The van der Waals surface area contributed by atoms with Gasteiger partial charge in [-0.15, -0.1) is 11.3 Å². The van der Waals surface area contributed by atoms with E-state index in [2.05, 4.69) is 13.2 Å². The van der Waals surface area contributed by atoms with Gasteiger partial charge in [0.2, 0.25) is 5.91 Å². The first-order chi connectivity index (χ1) is 9.06. The van der Waals surface area contributed by atoms with Gasteiger partial charge in [-0.25, -0.2) is 0 Å². The molecule has 0 saturated heterocycles. The van der Waals surface area contributed by atoms with Crippen LogP contribution >= 0.6 is 11.3 Å². The lowest BCUT2D eigenvalue weighted by atomic mass is 10.0. The van der Waals surface area contributed by atoms with Gasteiger partial charge in [-0.05, 0) is 23.8 Å². The maximum absolute atomic E-state index is 11.5. The average Bonchev–Trinajstić information content (AvgIpc) is 2.81. The minimum atomic E-state index is -0.490. The molecule has 1 heterocycles. The summed E-state index contributed by atoms with van der Waals surface area (Å²) in [6.45, 7) is 7.53. The number of nitrogens with two attached hydrogens (primary N) is 2. The zero-order chi connectivity index (χ0) is 14.0. The highest BCUT2D eigenvalue weighted by Gasteiger charge is 2.13. The molecule has 19 heavy (non-hydrogen) atoms. The number of anilines is 1. The summed E-state index contributed by atoms with van der Waals surface area (Å²) in [7, 11) is 0. The van der Waals surface area contributed by atoms with E-state index in [1.165, 1.54) is 11.3 Å². The number of hydrogen-bond acceptors (Lipinski definition) is 3. The number of thiophene rings is 1. The van der Waals surface area contributed by atoms with Crippen LogP contribution in [-0.2, 0) is 0 Å². The third-order valence-electron chi connectivity index (χ3n) is 2.77. The zero-order valence-corrected chi connectivity index (χ0v) is 11.2. The maximum atomic E-state index is 11.5. The Hall–Kier alpha value is -2.33. The normalized spacial score (nSPS) is 10.1. The molecule has 0 saturated carbocycles. The molecule has 0 unspecified atom stereocenters. The van der Waals surface area contributed by atoms with E-state index in [0.717, 1.165) is 20.9 Å². The van der Waals surface area contributed by atoms with Crippen LogP contribution in [0.3, 0.4) is 0 Å². The number of rotatable bonds is 4.